The summed E-state index contributed by atoms with van der Waals surface area (Å²) in [6.07, 6.45) is 2.09. The molecule has 1 aliphatic rings. The smallest absolute Gasteiger partial charge is 0.416 e. The largest absolute Gasteiger partial charge is 0.491 e. The van der Waals surface area contributed by atoms with Gasteiger partial charge in [0.25, 0.3) is 0 Å². The maximum Gasteiger partial charge on any atom is 0.416 e. The van der Waals surface area contributed by atoms with Crippen molar-refractivity contribution >= 4 is 5.97 Å². The van der Waals surface area contributed by atoms with Crippen molar-refractivity contribution in [1.82, 2.24) is 0 Å². The number of hydrogen-bond acceptors (Lipinski definition) is 6. The number of rotatable bonds is 12. The van der Waals surface area contributed by atoms with Crippen LogP contribution in [0.1, 0.15) is 51.5 Å². The van der Waals surface area contributed by atoms with E-state index in [0.717, 1.165) is 12.1 Å². The molecule has 196 valence electrons. The second-order valence-electron chi connectivity index (χ2n) is 9.04. The summed E-state index contributed by atoms with van der Waals surface area (Å²) in [7, 11) is 0. The Morgan fingerprint density at radius 3 is 2.63 bits per heavy atom. The lowest BCUT2D eigenvalue weighted by Crippen LogP contribution is -2.21. The third-order valence-electron chi connectivity index (χ3n) is 5.75. The van der Waals surface area contributed by atoms with Gasteiger partial charge in [-0.25, -0.2) is 0 Å². The summed E-state index contributed by atoms with van der Waals surface area (Å²) >= 11 is 0. The summed E-state index contributed by atoms with van der Waals surface area (Å²) in [6, 6.07) is 4.40. The van der Waals surface area contributed by atoms with Crippen LogP contribution in [0.25, 0.3) is 0 Å². The molecule has 0 aromatic heterocycles. The molecule has 1 aliphatic carbocycles. The Bertz CT molecular complexity index is 852. The number of aliphatic hydroxyl groups is 3. The fraction of sp³-hybridized carbons (Fsp3) is 0.577. The summed E-state index contributed by atoms with van der Waals surface area (Å²) in [5.41, 5.74) is -0.838. The highest BCUT2D eigenvalue weighted by Gasteiger charge is 2.39. The standard InChI is InChI=1S/C26H35F3O6/c1-17(2)35-25(33)11-6-4-3-5-10-21-22(24(32)15-23(21)31)13-12-19(30)16-34-20-9-7-8-18(14-20)26(27,28)29/h3,5,7-9,12-14,17,19,21-24,30-32H,4,6,10-11,15-16H2,1-2H3/t19-,21?,22-,23+,24-/m1/s1. The van der Waals surface area contributed by atoms with Crippen molar-refractivity contribution in [3.05, 3.63) is 54.1 Å². The average molecular weight is 501 g/mol. The molecular formula is C26H35F3O6. The molecule has 0 spiro atoms. The van der Waals surface area contributed by atoms with E-state index in [1.165, 1.54) is 18.2 Å². The summed E-state index contributed by atoms with van der Waals surface area (Å²) in [4.78, 5) is 11.5. The van der Waals surface area contributed by atoms with Crippen molar-refractivity contribution in [2.45, 2.75) is 76.5 Å². The lowest BCUT2D eigenvalue weighted by atomic mass is 9.89. The number of unbranched alkanes of at least 4 members (excludes halogenated alkanes) is 1. The van der Waals surface area contributed by atoms with Crippen LogP contribution in [-0.2, 0) is 15.7 Å². The van der Waals surface area contributed by atoms with Crippen LogP contribution >= 0.6 is 0 Å². The molecule has 6 nitrogen and oxygen atoms in total. The lowest BCUT2D eigenvalue weighted by Gasteiger charge is -2.19. The van der Waals surface area contributed by atoms with Crippen molar-refractivity contribution in [2.75, 3.05) is 6.61 Å². The first kappa shape index (κ1) is 28.9. The van der Waals surface area contributed by atoms with Crippen molar-refractivity contribution in [3.63, 3.8) is 0 Å². The molecular weight excluding hydrogens is 465 g/mol. The summed E-state index contributed by atoms with van der Waals surface area (Å²) < 4.78 is 48.8. The van der Waals surface area contributed by atoms with Gasteiger partial charge in [-0.15, -0.1) is 0 Å². The molecule has 5 atom stereocenters. The first-order valence-electron chi connectivity index (χ1n) is 11.8. The maximum atomic E-state index is 12.8. The average Bonchev–Trinajstić information content (AvgIpc) is 3.04. The van der Waals surface area contributed by atoms with E-state index in [9.17, 15) is 33.3 Å². The monoisotopic (exact) mass is 500 g/mol. The van der Waals surface area contributed by atoms with Gasteiger partial charge in [0.05, 0.1) is 23.9 Å². The molecule has 0 amide bonds. The fourth-order valence-electron chi connectivity index (χ4n) is 4.02. The van der Waals surface area contributed by atoms with E-state index < -0.39 is 30.1 Å². The number of alkyl halides is 3. The number of ether oxygens (including phenoxy) is 2. The number of allylic oxidation sites excluding steroid dienone is 2. The van der Waals surface area contributed by atoms with E-state index in [0.29, 0.717) is 25.7 Å². The number of carbonyl (C=O) groups is 1. The molecule has 1 unspecified atom stereocenters. The van der Waals surface area contributed by atoms with Gasteiger partial charge in [0.15, 0.2) is 0 Å². The molecule has 35 heavy (non-hydrogen) atoms. The zero-order valence-corrected chi connectivity index (χ0v) is 20.0. The zero-order chi connectivity index (χ0) is 26.0. The van der Waals surface area contributed by atoms with Crippen LogP contribution < -0.4 is 4.74 Å². The number of benzene rings is 1. The Labute approximate surface area is 204 Å². The third-order valence-corrected chi connectivity index (χ3v) is 5.75. The fourth-order valence-corrected chi connectivity index (χ4v) is 4.02. The minimum atomic E-state index is -4.49. The summed E-state index contributed by atoms with van der Waals surface area (Å²) in [5, 5.41) is 30.8. The van der Waals surface area contributed by atoms with Crippen LogP contribution in [0.3, 0.4) is 0 Å². The minimum Gasteiger partial charge on any atom is -0.491 e. The molecule has 0 radical (unpaired) electrons. The van der Waals surface area contributed by atoms with E-state index in [1.807, 2.05) is 12.2 Å². The topological polar surface area (TPSA) is 96.2 Å². The molecule has 1 aromatic rings. The molecule has 0 bridgehead atoms. The van der Waals surface area contributed by atoms with Crippen LogP contribution in [-0.4, -0.2) is 52.3 Å². The van der Waals surface area contributed by atoms with Gasteiger partial charge in [0.1, 0.15) is 18.5 Å². The van der Waals surface area contributed by atoms with Crippen molar-refractivity contribution in [2.24, 2.45) is 11.8 Å². The third kappa shape index (κ3) is 10.0. The Kier molecular flexibility index (Phi) is 11.3. The number of aliphatic hydroxyl groups excluding tert-OH is 3. The van der Waals surface area contributed by atoms with Gasteiger partial charge in [-0.3, -0.25) is 4.79 Å². The van der Waals surface area contributed by atoms with Gasteiger partial charge < -0.3 is 24.8 Å². The Hall–Kier alpha value is -2.36. The van der Waals surface area contributed by atoms with Gasteiger partial charge in [-0.1, -0.05) is 30.4 Å². The first-order chi connectivity index (χ1) is 16.5. The van der Waals surface area contributed by atoms with E-state index >= 15 is 0 Å². The van der Waals surface area contributed by atoms with Gasteiger partial charge >= 0.3 is 12.1 Å². The molecule has 9 heteroatoms. The number of carbonyl (C=O) groups excluding carboxylic acids is 1. The number of esters is 1. The molecule has 1 aromatic carbocycles. The van der Waals surface area contributed by atoms with Crippen LogP contribution in [0, 0.1) is 11.8 Å². The van der Waals surface area contributed by atoms with Crippen LogP contribution in [0.2, 0.25) is 0 Å². The van der Waals surface area contributed by atoms with Gasteiger partial charge in [0, 0.05) is 18.8 Å². The van der Waals surface area contributed by atoms with E-state index in [-0.39, 0.29) is 42.7 Å². The first-order valence-corrected chi connectivity index (χ1v) is 11.8. The van der Waals surface area contributed by atoms with Gasteiger partial charge in [0.2, 0.25) is 0 Å². The summed E-state index contributed by atoms with van der Waals surface area (Å²) in [6.45, 7) is 3.34. The molecule has 1 saturated carbocycles. The Morgan fingerprint density at radius 2 is 1.94 bits per heavy atom. The van der Waals surface area contributed by atoms with Crippen LogP contribution in [0.15, 0.2) is 48.6 Å². The number of hydrogen-bond donors (Lipinski definition) is 3. The van der Waals surface area contributed by atoms with Crippen molar-refractivity contribution in [3.8, 4) is 5.75 Å². The van der Waals surface area contributed by atoms with Crippen LogP contribution in [0.5, 0.6) is 5.75 Å². The predicted octanol–water partition coefficient (Wildman–Crippen LogP) is 4.43. The molecule has 0 aliphatic heterocycles. The SMILES string of the molecule is CC(C)OC(=O)CCCC=CCC1[C@@H](C=C[C@@H](O)COc2cccc(C(F)(F)F)c2)[C@H](O)C[C@@H]1O. The van der Waals surface area contributed by atoms with E-state index in [2.05, 4.69) is 0 Å². The number of halogens is 3. The van der Waals surface area contributed by atoms with Crippen molar-refractivity contribution in [1.29, 1.82) is 0 Å². The second kappa shape index (κ2) is 13.7. The molecule has 0 saturated heterocycles. The normalized spacial score (nSPS) is 23.9. The van der Waals surface area contributed by atoms with Crippen molar-refractivity contribution < 1.29 is 42.8 Å². The van der Waals surface area contributed by atoms with E-state index in [4.69, 9.17) is 9.47 Å². The zero-order valence-electron chi connectivity index (χ0n) is 20.0. The Balaban J connectivity index is 1.82. The molecule has 0 heterocycles. The summed E-state index contributed by atoms with van der Waals surface area (Å²) in [5.74, 6) is -0.883. The molecule has 1 fully saturated rings. The van der Waals surface area contributed by atoms with Gasteiger partial charge in [-0.05, 0) is 57.2 Å². The highest BCUT2D eigenvalue weighted by atomic mass is 19.4. The Morgan fingerprint density at radius 1 is 1.20 bits per heavy atom. The highest BCUT2D eigenvalue weighted by Crippen LogP contribution is 2.36. The minimum absolute atomic E-state index is 0.0101. The quantitative estimate of drug-likeness (QED) is 0.223. The molecule has 3 N–H and O–H groups in total. The second-order valence-corrected chi connectivity index (χ2v) is 9.04. The predicted molar refractivity (Wildman–Crippen MR) is 125 cm³/mol. The molecule has 2 rings (SSSR count). The van der Waals surface area contributed by atoms with Gasteiger partial charge in [-0.2, -0.15) is 13.2 Å². The maximum absolute atomic E-state index is 12.8. The lowest BCUT2D eigenvalue weighted by molar-refractivity contribution is -0.147. The van der Waals surface area contributed by atoms with Crippen LogP contribution in [0.4, 0.5) is 13.2 Å². The highest BCUT2D eigenvalue weighted by molar-refractivity contribution is 5.69. The van der Waals surface area contributed by atoms with E-state index in [1.54, 1.807) is 19.9 Å².